The van der Waals surface area contributed by atoms with Crippen LogP contribution in [0.4, 0.5) is 19.1 Å². The van der Waals surface area contributed by atoms with Gasteiger partial charge >= 0.3 is 6.18 Å². The van der Waals surface area contributed by atoms with Crippen LogP contribution in [0, 0.1) is 0 Å². The van der Waals surface area contributed by atoms with Gasteiger partial charge in [-0.3, -0.25) is 0 Å². The van der Waals surface area contributed by atoms with E-state index in [1.54, 1.807) is 0 Å². The third-order valence-electron chi connectivity index (χ3n) is 1.60. The largest absolute Gasteiger partial charge is 0.480 e. The second-order valence-electron chi connectivity index (χ2n) is 2.84. The molecule has 0 saturated heterocycles. The highest BCUT2D eigenvalue weighted by molar-refractivity contribution is 9.10. The van der Waals surface area contributed by atoms with Crippen LogP contribution in [0.1, 0.15) is 6.42 Å². The monoisotopic (exact) mass is 299 g/mol. The van der Waals surface area contributed by atoms with E-state index in [0.29, 0.717) is 4.47 Å². The highest BCUT2D eigenvalue weighted by Gasteiger charge is 2.26. The molecule has 1 aromatic rings. The van der Waals surface area contributed by atoms with Crippen LogP contribution in [0.2, 0.25) is 0 Å². The lowest BCUT2D eigenvalue weighted by atomic mass is 10.4. The van der Waals surface area contributed by atoms with Gasteiger partial charge in [0.1, 0.15) is 0 Å². The van der Waals surface area contributed by atoms with E-state index in [-0.39, 0.29) is 18.4 Å². The molecule has 0 aliphatic heterocycles. The molecule has 0 unspecified atom stereocenters. The van der Waals surface area contributed by atoms with Crippen molar-refractivity contribution in [2.45, 2.75) is 12.6 Å². The first-order valence-electron chi connectivity index (χ1n) is 4.29. The molecule has 0 aliphatic rings. The molecule has 0 spiro atoms. The number of alkyl halides is 3. The molecule has 1 aromatic heterocycles. The Morgan fingerprint density at radius 3 is 2.75 bits per heavy atom. The van der Waals surface area contributed by atoms with Gasteiger partial charge < -0.3 is 10.1 Å². The maximum atomic E-state index is 11.9. The molecule has 1 rings (SSSR count). The summed E-state index contributed by atoms with van der Waals surface area (Å²) in [6.07, 6.45) is -3.72. The fourth-order valence-corrected chi connectivity index (χ4v) is 1.25. The minimum atomic E-state index is -4.19. The van der Waals surface area contributed by atoms with Crippen molar-refractivity contribution in [2.24, 2.45) is 0 Å². The summed E-state index contributed by atoms with van der Waals surface area (Å²) >= 11 is 3.13. The average molecular weight is 300 g/mol. The van der Waals surface area contributed by atoms with Crippen LogP contribution in [-0.2, 0) is 0 Å². The van der Waals surface area contributed by atoms with E-state index in [9.17, 15) is 13.2 Å². The maximum Gasteiger partial charge on any atom is 0.390 e. The highest BCUT2D eigenvalue weighted by atomic mass is 79.9. The minimum Gasteiger partial charge on any atom is -0.480 e. The summed E-state index contributed by atoms with van der Waals surface area (Å²) in [7, 11) is 1.41. The van der Waals surface area contributed by atoms with Gasteiger partial charge in [-0.05, 0) is 15.9 Å². The Kier molecular flexibility index (Phi) is 4.34. The molecule has 0 aromatic carbocycles. The number of anilines is 1. The Bertz CT molecular complexity index is 359. The molecular weight excluding hydrogens is 291 g/mol. The van der Waals surface area contributed by atoms with Gasteiger partial charge in [0.25, 0.3) is 0 Å². The van der Waals surface area contributed by atoms with Crippen molar-refractivity contribution >= 4 is 21.9 Å². The number of nitrogens with one attached hydrogen (secondary N) is 1. The molecule has 90 valence electrons. The van der Waals surface area contributed by atoms with Crippen molar-refractivity contribution in [1.29, 1.82) is 0 Å². The predicted molar refractivity (Wildman–Crippen MR) is 55.4 cm³/mol. The van der Waals surface area contributed by atoms with Crippen LogP contribution in [-0.4, -0.2) is 29.8 Å². The van der Waals surface area contributed by atoms with Crippen LogP contribution < -0.4 is 10.1 Å². The fourth-order valence-electron chi connectivity index (χ4n) is 0.896. The van der Waals surface area contributed by atoms with E-state index < -0.39 is 12.6 Å². The highest BCUT2D eigenvalue weighted by Crippen LogP contribution is 2.22. The van der Waals surface area contributed by atoms with E-state index in [1.165, 1.54) is 13.3 Å². The fraction of sp³-hybridized carbons (Fsp3) is 0.500. The van der Waals surface area contributed by atoms with Gasteiger partial charge in [0.15, 0.2) is 0 Å². The smallest absolute Gasteiger partial charge is 0.390 e. The topological polar surface area (TPSA) is 47.0 Å². The van der Waals surface area contributed by atoms with Gasteiger partial charge in [-0.2, -0.15) is 18.2 Å². The van der Waals surface area contributed by atoms with Gasteiger partial charge in [-0.1, -0.05) is 0 Å². The molecule has 0 aliphatic carbocycles. The summed E-state index contributed by atoms with van der Waals surface area (Å²) in [5, 5.41) is 2.46. The lowest BCUT2D eigenvalue weighted by Crippen LogP contribution is -2.15. The molecular formula is C8H9BrF3N3O. The number of methoxy groups -OCH3 is 1. The van der Waals surface area contributed by atoms with Crippen LogP contribution in [0.3, 0.4) is 0 Å². The number of aromatic nitrogens is 2. The third-order valence-corrected chi connectivity index (χ3v) is 2.14. The van der Waals surface area contributed by atoms with Crippen molar-refractivity contribution < 1.29 is 17.9 Å². The molecule has 0 saturated carbocycles. The maximum absolute atomic E-state index is 11.9. The summed E-state index contributed by atoms with van der Waals surface area (Å²) in [5.74, 6) is 0.369. The van der Waals surface area contributed by atoms with Gasteiger partial charge in [0.05, 0.1) is 24.2 Å². The summed E-state index contributed by atoms with van der Waals surface area (Å²) in [4.78, 5) is 7.64. The summed E-state index contributed by atoms with van der Waals surface area (Å²) < 4.78 is 41.0. The number of hydrogen-bond donors (Lipinski definition) is 1. The van der Waals surface area contributed by atoms with E-state index >= 15 is 0 Å². The van der Waals surface area contributed by atoms with Crippen molar-refractivity contribution in [3.05, 3.63) is 10.7 Å². The van der Waals surface area contributed by atoms with E-state index in [4.69, 9.17) is 4.74 Å². The summed E-state index contributed by atoms with van der Waals surface area (Å²) in [6.45, 7) is -0.270. The number of ether oxygens (including phenoxy) is 1. The first kappa shape index (κ1) is 13.0. The van der Waals surface area contributed by atoms with Gasteiger partial charge in [0.2, 0.25) is 11.8 Å². The molecule has 0 radical (unpaired) electrons. The Morgan fingerprint density at radius 1 is 1.50 bits per heavy atom. The van der Waals surface area contributed by atoms with Crippen molar-refractivity contribution in [2.75, 3.05) is 19.0 Å². The zero-order valence-corrected chi connectivity index (χ0v) is 9.89. The Balaban J connectivity index is 2.55. The molecule has 8 heteroatoms. The normalized spacial score (nSPS) is 11.3. The lowest BCUT2D eigenvalue weighted by Gasteiger charge is -2.08. The molecule has 16 heavy (non-hydrogen) atoms. The van der Waals surface area contributed by atoms with Gasteiger partial charge in [-0.15, -0.1) is 0 Å². The van der Waals surface area contributed by atoms with Crippen LogP contribution in [0.5, 0.6) is 5.88 Å². The van der Waals surface area contributed by atoms with Crippen molar-refractivity contribution in [3.8, 4) is 5.88 Å². The SMILES string of the molecule is COc1nc(NCCC(F)(F)F)ncc1Br. The van der Waals surface area contributed by atoms with E-state index in [0.717, 1.165) is 0 Å². The zero-order chi connectivity index (χ0) is 12.2. The second-order valence-corrected chi connectivity index (χ2v) is 3.70. The van der Waals surface area contributed by atoms with Crippen LogP contribution in [0.25, 0.3) is 0 Å². The second kappa shape index (κ2) is 5.33. The third kappa shape index (κ3) is 4.21. The first-order valence-corrected chi connectivity index (χ1v) is 5.09. The lowest BCUT2D eigenvalue weighted by molar-refractivity contribution is -0.131. The van der Waals surface area contributed by atoms with Crippen LogP contribution in [0.15, 0.2) is 10.7 Å². The molecule has 4 nitrogen and oxygen atoms in total. The summed E-state index contributed by atoms with van der Waals surface area (Å²) in [6, 6.07) is 0. The van der Waals surface area contributed by atoms with E-state index in [1.807, 2.05) is 0 Å². The Labute approximate surface area is 98.4 Å². The molecule has 0 atom stereocenters. The number of halogens is 4. The standard InChI is InChI=1S/C8H9BrF3N3O/c1-16-6-5(9)4-14-7(15-6)13-3-2-8(10,11)12/h4H,2-3H2,1H3,(H,13,14,15). The molecule has 0 bridgehead atoms. The number of hydrogen-bond acceptors (Lipinski definition) is 4. The van der Waals surface area contributed by atoms with Gasteiger partial charge in [-0.25, -0.2) is 4.98 Å². The van der Waals surface area contributed by atoms with Gasteiger partial charge in [0, 0.05) is 6.54 Å². The molecule has 1 heterocycles. The predicted octanol–water partition coefficient (Wildman–Crippen LogP) is 2.61. The van der Waals surface area contributed by atoms with E-state index in [2.05, 4.69) is 31.2 Å². The van der Waals surface area contributed by atoms with Crippen molar-refractivity contribution in [1.82, 2.24) is 9.97 Å². The first-order chi connectivity index (χ1) is 7.42. The Hall–Kier alpha value is -1.05. The van der Waals surface area contributed by atoms with Crippen LogP contribution >= 0.6 is 15.9 Å². The minimum absolute atomic E-state index is 0.101. The molecule has 1 N–H and O–H groups in total. The average Bonchev–Trinajstić information content (AvgIpc) is 2.18. The molecule has 0 amide bonds. The zero-order valence-electron chi connectivity index (χ0n) is 8.31. The number of rotatable bonds is 4. The Morgan fingerprint density at radius 2 is 2.19 bits per heavy atom. The van der Waals surface area contributed by atoms with Crippen molar-refractivity contribution in [3.63, 3.8) is 0 Å². The number of nitrogens with zero attached hydrogens (tertiary/aromatic N) is 2. The molecule has 0 fully saturated rings. The summed E-state index contributed by atoms with van der Waals surface area (Å²) in [5.41, 5.74) is 0. The quantitative estimate of drug-likeness (QED) is 0.928.